The van der Waals surface area contributed by atoms with E-state index in [1.807, 2.05) is 0 Å². The van der Waals surface area contributed by atoms with Crippen LogP contribution in [0.4, 0.5) is 0 Å². The molecule has 0 heterocycles. The Balaban J connectivity index is 1.87. The van der Waals surface area contributed by atoms with Gasteiger partial charge in [0.2, 0.25) is 0 Å². The number of rotatable bonds is 4. The molecule has 0 aromatic rings. The summed E-state index contributed by atoms with van der Waals surface area (Å²) in [6.45, 7) is 2.60. The van der Waals surface area contributed by atoms with Crippen molar-refractivity contribution in [1.82, 2.24) is 0 Å². The van der Waals surface area contributed by atoms with Crippen LogP contribution in [0, 0.1) is 0 Å². The van der Waals surface area contributed by atoms with Crippen molar-refractivity contribution >= 4 is 7.26 Å². The van der Waals surface area contributed by atoms with Crippen LogP contribution in [0.3, 0.4) is 0 Å². The van der Waals surface area contributed by atoms with E-state index in [2.05, 4.69) is 6.92 Å². The topological polar surface area (TPSA) is 0 Å². The van der Waals surface area contributed by atoms with Gasteiger partial charge in [0, 0.05) is 0 Å². The molecule has 1 heteroatoms. The van der Waals surface area contributed by atoms with Crippen molar-refractivity contribution in [2.75, 3.05) is 6.16 Å². The van der Waals surface area contributed by atoms with Gasteiger partial charge in [0.25, 0.3) is 0 Å². The molecule has 0 N–H and O–H groups in total. The van der Waals surface area contributed by atoms with E-state index in [9.17, 15) is 0 Å². The second-order valence-corrected chi connectivity index (χ2v) is 12.8. The first kappa shape index (κ1) is 13.4. The van der Waals surface area contributed by atoms with Crippen molar-refractivity contribution < 1.29 is 0 Å². The van der Waals surface area contributed by atoms with E-state index in [1.54, 1.807) is 83.2 Å². The average Bonchev–Trinajstić information content (AvgIpc) is 3.16. The van der Waals surface area contributed by atoms with E-state index in [-0.39, 0.29) is 0 Å². The first-order chi connectivity index (χ1) is 8.88. The van der Waals surface area contributed by atoms with Gasteiger partial charge in [-0.1, -0.05) is 0 Å². The zero-order valence-corrected chi connectivity index (χ0v) is 13.4. The molecular formula is C17H33P. The third-order valence-electron chi connectivity index (χ3n) is 6.96. The summed E-state index contributed by atoms with van der Waals surface area (Å²) in [4.78, 5) is 0. The summed E-state index contributed by atoms with van der Waals surface area (Å²) >= 11 is 0. The molecule has 0 amide bonds. The Labute approximate surface area is 115 Å². The molecular weight excluding hydrogens is 235 g/mol. The van der Waals surface area contributed by atoms with Crippen LogP contribution in [0.2, 0.25) is 0 Å². The predicted octanol–water partition coefficient (Wildman–Crippen LogP) is 5.58. The molecule has 0 saturated heterocycles. The molecule has 0 atom stereocenters. The molecule has 3 rings (SSSR count). The molecule has 0 spiro atoms. The second-order valence-electron chi connectivity index (χ2n) is 7.41. The molecule has 106 valence electrons. The molecule has 0 nitrogen and oxygen atoms in total. The van der Waals surface area contributed by atoms with Crippen molar-refractivity contribution in [2.24, 2.45) is 0 Å². The molecule has 3 saturated carbocycles. The van der Waals surface area contributed by atoms with E-state index >= 15 is 0 Å². The Morgan fingerprint density at radius 2 is 0.889 bits per heavy atom. The minimum absolute atomic E-state index is 0.970. The van der Waals surface area contributed by atoms with Gasteiger partial charge in [-0.25, -0.2) is 0 Å². The van der Waals surface area contributed by atoms with Gasteiger partial charge < -0.3 is 0 Å². The summed E-state index contributed by atoms with van der Waals surface area (Å²) < 4.78 is 0. The quantitative estimate of drug-likeness (QED) is 0.583. The molecule has 0 radical (unpaired) electrons. The molecule has 0 aromatic heterocycles. The van der Waals surface area contributed by atoms with Crippen LogP contribution in [0.25, 0.3) is 0 Å². The van der Waals surface area contributed by atoms with Gasteiger partial charge in [0.15, 0.2) is 0 Å². The molecule has 0 aromatic carbocycles. The summed E-state index contributed by atoms with van der Waals surface area (Å²) in [5, 5.41) is 0. The third kappa shape index (κ3) is 2.17. The Kier molecular flexibility index (Phi) is 4.34. The molecule has 3 fully saturated rings. The SMILES string of the molecule is CC[PH](C1CCCC1)(C1CCCC1)C1CCCC1. The van der Waals surface area contributed by atoms with Gasteiger partial charge in [-0.05, 0) is 0 Å². The summed E-state index contributed by atoms with van der Waals surface area (Å²) in [5.41, 5.74) is 3.73. The van der Waals surface area contributed by atoms with Crippen molar-refractivity contribution in [1.29, 1.82) is 0 Å². The number of hydrogen-bond donors (Lipinski definition) is 0. The van der Waals surface area contributed by atoms with Crippen LogP contribution in [-0.2, 0) is 0 Å². The maximum atomic E-state index is 2.60. The minimum atomic E-state index is -0.970. The van der Waals surface area contributed by atoms with E-state index in [0.29, 0.717) is 0 Å². The monoisotopic (exact) mass is 268 g/mol. The van der Waals surface area contributed by atoms with Crippen LogP contribution in [-0.4, -0.2) is 23.1 Å². The van der Waals surface area contributed by atoms with E-state index in [4.69, 9.17) is 0 Å². The molecule has 0 aliphatic heterocycles. The Morgan fingerprint density at radius 1 is 0.611 bits per heavy atom. The van der Waals surface area contributed by atoms with Gasteiger partial charge in [-0.3, -0.25) is 0 Å². The standard InChI is InChI=1S/C17H33P/c1-2-18(15-9-3-4-10-15,16-11-5-6-12-16)17-13-7-8-14-17/h15-18H,2-14H2,1H3. The van der Waals surface area contributed by atoms with Gasteiger partial charge in [-0.2, -0.15) is 0 Å². The first-order valence-corrected chi connectivity index (χ1v) is 11.3. The van der Waals surface area contributed by atoms with Crippen molar-refractivity contribution in [3.05, 3.63) is 0 Å². The van der Waals surface area contributed by atoms with E-state index < -0.39 is 7.26 Å². The van der Waals surface area contributed by atoms with Gasteiger partial charge >= 0.3 is 114 Å². The first-order valence-electron chi connectivity index (χ1n) is 8.88. The van der Waals surface area contributed by atoms with Crippen LogP contribution in [0.1, 0.15) is 84.0 Å². The fourth-order valence-corrected chi connectivity index (χ4v) is 14.4. The van der Waals surface area contributed by atoms with Crippen molar-refractivity contribution in [3.8, 4) is 0 Å². The molecule has 0 unspecified atom stereocenters. The molecule has 3 aliphatic carbocycles. The Morgan fingerprint density at radius 3 is 1.11 bits per heavy atom. The maximum absolute atomic E-state index is 2.60. The van der Waals surface area contributed by atoms with Gasteiger partial charge in [0.1, 0.15) is 0 Å². The normalized spacial score (nSPS) is 29.4. The summed E-state index contributed by atoms with van der Waals surface area (Å²) in [5.74, 6) is 0. The summed E-state index contributed by atoms with van der Waals surface area (Å²) in [6, 6.07) is 0. The average molecular weight is 268 g/mol. The van der Waals surface area contributed by atoms with E-state index in [1.165, 1.54) is 17.0 Å². The fraction of sp³-hybridized carbons (Fsp3) is 1.00. The third-order valence-corrected chi connectivity index (χ3v) is 14.5. The Bertz CT molecular complexity index is 214. The van der Waals surface area contributed by atoms with Gasteiger partial charge in [0.05, 0.1) is 0 Å². The zero-order chi connectivity index (χ0) is 12.4. The van der Waals surface area contributed by atoms with Gasteiger partial charge in [-0.15, -0.1) is 0 Å². The molecule has 18 heavy (non-hydrogen) atoms. The Hall–Kier alpha value is 0.430. The summed E-state index contributed by atoms with van der Waals surface area (Å²) in [6.07, 6.45) is 20.8. The van der Waals surface area contributed by atoms with Crippen LogP contribution in [0.5, 0.6) is 0 Å². The van der Waals surface area contributed by atoms with Crippen LogP contribution >= 0.6 is 7.26 Å². The van der Waals surface area contributed by atoms with Crippen LogP contribution < -0.4 is 0 Å². The number of hydrogen-bond acceptors (Lipinski definition) is 0. The molecule has 3 aliphatic rings. The van der Waals surface area contributed by atoms with E-state index in [0.717, 1.165) is 0 Å². The van der Waals surface area contributed by atoms with Crippen molar-refractivity contribution in [3.63, 3.8) is 0 Å². The zero-order valence-electron chi connectivity index (χ0n) is 12.4. The second kappa shape index (κ2) is 5.82. The van der Waals surface area contributed by atoms with Crippen molar-refractivity contribution in [2.45, 2.75) is 101 Å². The molecule has 0 bridgehead atoms. The predicted molar refractivity (Wildman–Crippen MR) is 85.6 cm³/mol. The fourth-order valence-electron chi connectivity index (χ4n) is 6.26. The van der Waals surface area contributed by atoms with Crippen LogP contribution in [0.15, 0.2) is 0 Å². The summed E-state index contributed by atoms with van der Waals surface area (Å²) in [7, 11) is -0.970.